The van der Waals surface area contributed by atoms with Gasteiger partial charge < -0.3 is 15.4 Å². The summed E-state index contributed by atoms with van der Waals surface area (Å²) < 4.78 is 0. The quantitative estimate of drug-likeness (QED) is 0.774. The molecule has 0 saturated heterocycles. The number of aliphatic hydroxyl groups is 1. The van der Waals surface area contributed by atoms with Gasteiger partial charge in [0.25, 0.3) is 0 Å². The maximum atomic E-state index is 9.65. The topological polar surface area (TPSA) is 60.9 Å². The van der Waals surface area contributed by atoms with Crippen molar-refractivity contribution in [2.24, 2.45) is 0 Å². The van der Waals surface area contributed by atoms with Gasteiger partial charge in [0.15, 0.2) is 0 Å². The Balaban J connectivity index is 1.66. The van der Waals surface area contributed by atoms with Crippen molar-refractivity contribution in [1.82, 2.24) is 15.3 Å². The monoisotopic (exact) mass is 245 g/mol. The fourth-order valence-electron chi connectivity index (χ4n) is 2.76. The fraction of sp³-hybridized carbons (Fsp3) is 0.500. The Morgan fingerprint density at radius 1 is 1.44 bits per heavy atom. The van der Waals surface area contributed by atoms with E-state index in [0.717, 1.165) is 37.9 Å². The van der Waals surface area contributed by atoms with Crippen LogP contribution in [0.25, 0.3) is 11.0 Å². The molecule has 18 heavy (non-hydrogen) atoms. The molecule has 4 heteroatoms. The van der Waals surface area contributed by atoms with Gasteiger partial charge in [0.1, 0.15) is 5.65 Å². The lowest BCUT2D eigenvalue weighted by Crippen LogP contribution is -2.35. The Morgan fingerprint density at radius 3 is 3.28 bits per heavy atom. The summed E-state index contributed by atoms with van der Waals surface area (Å²) in [6.07, 6.45) is 7.81. The van der Waals surface area contributed by atoms with Crippen molar-refractivity contribution < 1.29 is 5.11 Å². The number of rotatable bonds is 3. The Kier molecular flexibility index (Phi) is 3.30. The highest BCUT2D eigenvalue weighted by atomic mass is 16.3. The highest BCUT2D eigenvalue weighted by Gasteiger charge is 2.19. The number of fused-ring (bicyclic) bond motifs is 1. The van der Waals surface area contributed by atoms with Crippen molar-refractivity contribution in [2.75, 3.05) is 0 Å². The summed E-state index contributed by atoms with van der Waals surface area (Å²) in [7, 11) is 0. The Labute approximate surface area is 106 Å². The SMILES string of the molecule is OC1CCCC(NCc2c[nH]c3ncccc23)C1. The molecule has 0 aliphatic heterocycles. The van der Waals surface area contributed by atoms with Crippen LogP contribution in [0.5, 0.6) is 0 Å². The molecular weight excluding hydrogens is 226 g/mol. The lowest BCUT2D eigenvalue weighted by Gasteiger charge is -2.26. The van der Waals surface area contributed by atoms with E-state index in [2.05, 4.69) is 21.4 Å². The first-order chi connectivity index (χ1) is 8.83. The van der Waals surface area contributed by atoms with Gasteiger partial charge in [0, 0.05) is 30.4 Å². The van der Waals surface area contributed by atoms with Gasteiger partial charge in [-0.25, -0.2) is 4.98 Å². The number of H-pyrrole nitrogens is 1. The van der Waals surface area contributed by atoms with E-state index >= 15 is 0 Å². The molecule has 2 aromatic rings. The van der Waals surface area contributed by atoms with E-state index in [1.54, 1.807) is 6.20 Å². The normalized spacial score (nSPS) is 24.5. The minimum absolute atomic E-state index is 0.124. The van der Waals surface area contributed by atoms with Crippen molar-refractivity contribution in [3.8, 4) is 0 Å². The lowest BCUT2D eigenvalue weighted by atomic mass is 9.93. The second-order valence-electron chi connectivity index (χ2n) is 5.11. The van der Waals surface area contributed by atoms with Crippen LogP contribution in [0.3, 0.4) is 0 Å². The molecule has 3 rings (SSSR count). The van der Waals surface area contributed by atoms with E-state index in [9.17, 15) is 5.11 Å². The van der Waals surface area contributed by atoms with Crippen LogP contribution in [0.15, 0.2) is 24.5 Å². The van der Waals surface area contributed by atoms with E-state index in [-0.39, 0.29) is 6.10 Å². The summed E-state index contributed by atoms with van der Waals surface area (Å²) >= 11 is 0. The number of hydrogen-bond acceptors (Lipinski definition) is 3. The molecule has 4 nitrogen and oxygen atoms in total. The number of aromatic nitrogens is 2. The number of nitrogens with zero attached hydrogens (tertiary/aromatic N) is 1. The molecular formula is C14H19N3O. The van der Waals surface area contributed by atoms with Crippen LogP contribution in [-0.2, 0) is 6.54 Å². The predicted octanol–water partition coefficient (Wildman–Crippen LogP) is 1.96. The number of pyridine rings is 1. The van der Waals surface area contributed by atoms with Crippen LogP contribution in [0.4, 0.5) is 0 Å². The van der Waals surface area contributed by atoms with E-state index < -0.39 is 0 Å². The molecule has 1 aliphatic rings. The maximum absolute atomic E-state index is 9.65. The summed E-state index contributed by atoms with van der Waals surface area (Å²) in [5.74, 6) is 0. The van der Waals surface area contributed by atoms with E-state index in [4.69, 9.17) is 0 Å². The molecule has 2 heterocycles. The number of aliphatic hydroxyl groups excluding tert-OH is 1. The number of aromatic amines is 1. The maximum Gasteiger partial charge on any atom is 0.137 e. The minimum Gasteiger partial charge on any atom is -0.393 e. The van der Waals surface area contributed by atoms with Gasteiger partial charge in [0.05, 0.1) is 6.10 Å². The summed E-state index contributed by atoms with van der Waals surface area (Å²) in [5.41, 5.74) is 2.19. The third-order valence-electron chi connectivity index (χ3n) is 3.76. The van der Waals surface area contributed by atoms with Gasteiger partial charge >= 0.3 is 0 Å². The highest BCUT2D eigenvalue weighted by Crippen LogP contribution is 2.20. The third kappa shape index (κ3) is 2.40. The average Bonchev–Trinajstić information content (AvgIpc) is 2.80. The smallest absolute Gasteiger partial charge is 0.137 e. The predicted molar refractivity (Wildman–Crippen MR) is 71.2 cm³/mol. The first-order valence-electron chi connectivity index (χ1n) is 6.65. The molecule has 2 aromatic heterocycles. The second-order valence-corrected chi connectivity index (χ2v) is 5.11. The van der Waals surface area contributed by atoms with Crippen LogP contribution < -0.4 is 5.32 Å². The molecule has 1 saturated carbocycles. The second kappa shape index (κ2) is 5.08. The van der Waals surface area contributed by atoms with E-state index in [0.29, 0.717) is 6.04 Å². The summed E-state index contributed by atoms with van der Waals surface area (Å²) in [4.78, 5) is 7.47. The molecule has 96 valence electrons. The third-order valence-corrected chi connectivity index (χ3v) is 3.76. The molecule has 1 fully saturated rings. The fourth-order valence-corrected chi connectivity index (χ4v) is 2.76. The van der Waals surface area contributed by atoms with Gasteiger partial charge in [-0.05, 0) is 43.4 Å². The number of nitrogens with one attached hydrogen (secondary N) is 2. The molecule has 2 unspecified atom stereocenters. The van der Waals surface area contributed by atoms with Crippen molar-refractivity contribution in [3.63, 3.8) is 0 Å². The van der Waals surface area contributed by atoms with Crippen LogP contribution in [0, 0.1) is 0 Å². The molecule has 0 aromatic carbocycles. The van der Waals surface area contributed by atoms with E-state index in [1.807, 2.05) is 12.3 Å². The van der Waals surface area contributed by atoms with Gasteiger partial charge in [-0.1, -0.05) is 0 Å². The summed E-state index contributed by atoms with van der Waals surface area (Å²) in [6, 6.07) is 4.49. The molecule has 3 N–H and O–H groups in total. The molecule has 0 bridgehead atoms. The molecule has 2 atom stereocenters. The minimum atomic E-state index is -0.124. The van der Waals surface area contributed by atoms with Crippen LogP contribution in [0.2, 0.25) is 0 Å². The summed E-state index contributed by atoms with van der Waals surface area (Å²) in [6.45, 7) is 0.836. The van der Waals surface area contributed by atoms with Crippen LogP contribution in [0.1, 0.15) is 31.2 Å². The van der Waals surface area contributed by atoms with Crippen LogP contribution in [-0.4, -0.2) is 27.2 Å². The molecule has 1 aliphatic carbocycles. The standard InChI is InChI=1S/C14H19N3O/c18-12-4-1-3-11(7-12)16-8-10-9-17-14-13(10)5-2-6-15-14/h2,5-6,9,11-12,16,18H,1,3-4,7-8H2,(H,15,17). The zero-order valence-electron chi connectivity index (χ0n) is 10.4. The van der Waals surface area contributed by atoms with Crippen molar-refractivity contribution in [3.05, 3.63) is 30.1 Å². The first kappa shape index (κ1) is 11.7. The van der Waals surface area contributed by atoms with Crippen molar-refractivity contribution >= 4 is 11.0 Å². The van der Waals surface area contributed by atoms with Crippen LogP contribution >= 0.6 is 0 Å². The molecule has 0 spiro atoms. The van der Waals surface area contributed by atoms with Gasteiger partial charge in [-0.3, -0.25) is 0 Å². The van der Waals surface area contributed by atoms with E-state index in [1.165, 1.54) is 10.9 Å². The molecule has 0 amide bonds. The zero-order chi connectivity index (χ0) is 12.4. The van der Waals surface area contributed by atoms with Crippen molar-refractivity contribution in [2.45, 2.75) is 44.4 Å². The largest absolute Gasteiger partial charge is 0.393 e. The molecule has 0 radical (unpaired) electrons. The Morgan fingerprint density at radius 2 is 2.39 bits per heavy atom. The summed E-state index contributed by atoms with van der Waals surface area (Å²) in [5, 5.41) is 14.4. The van der Waals surface area contributed by atoms with Crippen molar-refractivity contribution in [1.29, 1.82) is 0 Å². The zero-order valence-corrected chi connectivity index (χ0v) is 10.4. The van der Waals surface area contributed by atoms with Gasteiger partial charge in [-0.15, -0.1) is 0 Å². The Hall–Kier alpha value is -1.39. The lowest BCUT2D eigenvalue weighted by molar-refractivity contribution is 0.111. The first-order valence-corrected chi connectivity index (χ1v) is 6.65. The highest BCUT2D eigenvalue weighted by molar-refractivity contribution is 5.79. The average molecular weight is 245 g/mol. The Bertz CT molecular complexity index is 522. The van der Waals surface area contributed by atoms with Gasteiger partial charge in [0.2, 0.25) is 0 Å². The number of hydrogen-bond donors (Lipinski definition) is 3. The van der Waals surface area contributed by atoms with Gasteiger partial charge in [-0.2, -0.15) is 0 Å².